The van der Waals surface area contributed by atoms with Crippen molar-refractivity contribution in [3.63, 3.8) is 0 Å². The zero-order valence-electron chi connectivity index (χ0n) is 15.0. The van der Waals surface area contributed by atoms with Crippen molar-refractivity contribution < 1.29 is 4.79 Å². The molecule has 2 N–H and O–H groups in total. The number of H-pyrrole nitrogens is 1. The molecule has 0 saturated carbocycles. The molecule has 2 aromatic carbocycles. The molecule has 0 unspecified atom stereocenters. The Morgan fingerprint density at radius 3 is 2.73 bits per heavy atom. The van der Waals surface area contributed by atoms with Crippen LogP contribution in [0.1, 0.15) is 23.2 Å². The number of aromatic nitrogens is 2. The lowest BCUT2D eigenvalue weighted by Gasteiger charge is -2.09. The highest BCUT2D eigenvalue weighted by molar-refractivity contribution is 6.07. The summed E-state index contributed by atoms with van der Waals surface area (Å²) in [6, 6.07) is 16.3. The average molecular weight is 343 g/mol. The second kappa shape index (κ2) is 6.64. The van der Waals surface area contributed by atoms with Gasteiger partial charge >= 0.3 is 0 Å². The molecule has 26 heavy (non-hydrogen) atoms. The molecule has 0 aliphatic heterocycles. The third kappa shape index (κ3) is 3.18. The Morgan fingerprint density at radius 1 is 1.04 bits per heavy atom. The Labute approximate surface area is 152 Å². The standard InChI is InChI=1S/C22H21N3O/c1-14-7-9-19(15(2)11-14)25-22(26)10-8-16-12-18-17-5-3-4-6-20(17)24-21(18)13-23-16/h3-7,9,11-13,24H,8,10H2,1-2H3,(H,25,26). The summed E-state index contributed by atoms with van der Waals surface area (Å²) in [5.41, 5.74) is 6.20. The molecule has 2 heterocycles. The Balaban J connectivity index is 1.48. The Morgan fingerprint density at radius 2 is 1.88 bits per heavy atom. The minimum absolute atomic E-state index is 0.0118. The maximum Gasteiger partial charge on any atom is 0.224 e. The van der Waals surface area contributed by atoms with Crippen molar-refractivity contribution in [2.75, 3.05) is 5.32 Å². The Hall–Kier alpha value is -3.14. The van der Waals surface area contributed by atoms with E-state index in [1.165, 1.54) is 10.9 Å². The lowest BCUT2D eigenvalue weighted by molar-refractivity contribution is -0.116. The number of benzene rings is 2. The first-order valence-electron chi connectivity index (χ1n) is 8.82. The van der Waals surface area contributed by atoms with Crippen LogP contribution < -0.4 is 5.32 Å². The summed E-state index contributed by atoms with van der Waals surface area (Å²) in [6.45, 7) is 4.06. The summed E-state index contributed by atoms with van der Waals surface area (Å²) in [5.74, 6) is 0.0118. The van der Waals surface area contributed by atoms with Gasteiger partial charge in [0.25, 0.3) is 0 Å². The van der Waals surface area contributed by atoms with Crippen molar-refractivity contribution in [3.8, 4) is 0 Å². The molecule has 0 bridgehead atoms. The number of hydrogen-bond donors (Lipinski definition) is 2. The molecule has 130 valence electrons. The van der Waals surface area contributed by atoms with Crippen LogP contribution in [0.3, 0.4) is 0 Å². The number of hydrogen-bond acceptors (Lipinski definition) is 2. The van der Waals surface area contributed by atoms with Crippen LogP contribution in [0.2, 0.25) is 0 Å². The average Bonchev–Trinajstić information content (AvgIpc) is 3.00. The number of carbonyl (C=O) groups excluding carboxylic acids is 1. The predicted molar refractivity (Wildman–Crippen MR) is 106 cm³/mol. The highest BCUT2D eigenvalue weighted by atomic mass is 16.1. The molecule has 0 radical (unpaired) electrons. The van der Waals surface area contributed by atoms with Crippen molar-refractivity contribution in [2.24, 2.45) is 0 Å². The van der Waals surface area contributed by atoms with E-state index in [4.69, 9.17) is 0 Å². The first-order chi connectivity index (χ1) is 12.6. The molecule has 1 amide bonds. The van der Waals surface area contributed by atoms with Crippen LogP contribution in [0.4, 0.5) is 5.69 Å². The fraction of sp³-hybridized carbons (Fsp3) is 0.182. The summed E-state index contributed by atoms with van der Waals surface area (Å²) < 4.78 is 0. The lowest BCUT2D eigenvalue weighted by Crippen LogP contribution is -2.13. The molecular formula is C22H21N3O. The molecule has 4 heteroatoms. The zero-order valence-corrected chi connectivity index (χ0v) is 15.0. The van der Waals surface area contributed by atoms with Crippen LogP contribution in [0.15, 0.2) is 54.7 Å². The van der Waals surface area contributed by atoms with Gasteiger partial charge in [-0.05, 0) is 44.0 Å². The quantitative estimate of drug-likeness (QED) is 0.553. The second-order valence-corrected chi connectivity index (χ2v) is 6.76. The number of carbonyl (C=O) groups is 1. The van der Waals surface area contributed by atoms with Gasteiger partial charge in [-0.1, -0.05) is 35.9 Å². The van der Waals surface area contributed by atoms with E-state index in [1.54, 1.807) is 0 Å². The number of rotatable bonds is 4. The highest BCUT2D eigenvalue weighted by Gasteiger charge is 2.09. The van der Waals surface area contributed by atoms with Crippen molar-refractivity contribution in [1.82, 2.24) is 9.97 Å². The molecular weight excluding hydrogens is 322 g/mol. The van der Waals surface area contributed by atoms with E-state index in [0.29, 0.717) is 12.8 Å². The van der Waals surface area contributed by atoms with Crippen LogP contribution in [0, 0.1) is 13.8 Å². The van der Waals surface area contributed by atoms with Crippen molar-refractivity contribution >= 4 is 33.4 Å². The van der Waals surface area contributed by atoms with Crippen molar-refractivity contribution in [2.45, 2.75) is 26.7 Å². The smallest absolute Gasteiger partial charge is 0.224 e. The number of aromatic amines is 1. The van der Waals surface area contributed by atoms with Gasteiger partial charge in [0.05, 0.1) is 11.7 Å². The zero-order chi connectivity index (χ0) is 18.1. The van der Waals surface area contributed by atoms with Gasteiger partial charge in [-0.2, -0.15) is 0 Å². The van der Waals surface area contributed by atoms with Crippen LogP contribution >= 0.6 is 0 Å². The number of nitrogens with zero attached hydrogens (tertiary/aromatic N) is 1. The summed E-state index contributed by atoms with van der Waals surface area (Å²) in [4.78, 5) is 20.2. The maximum absolute atomic E-state index is 12.3. The highest BCUT2D eigenvalue weighted by Crippen LogP contribution is 2.25. The molecule has 0 atom stereocenters. The van der Waals surface area contributed by atoms with Gasteiger partial charge in [-0.25, -0.2) is 0 Å². The predicted octanol–water partition coefficient (Wildman–Crippen LogP) is 4.90. The molecule has 4 nitrogen and oxygen atoms in total. The summed E-state index contributed by atoms with van der Waals surface area (Å²) in [6.07, 6.45) is 2.88. The largest absolute Gasteiger partial charge is 0.353 e. The molecule has 4 aromatic rings. The number of nitrogens with one attached hydrogen (secondary N) is 2. The first kappa shape index (κ1) is 16.3. The van der Waals surface area contributed by atoms with E-state index in [9.17, 15) is 4.79 Å². The van der Waals surface area contributed by atoms with Crippen LogP contribution in [-0.4, -0.2) is 15.9 Å². The van der Waals surface area contributed by atoms with Gasteiger partial charge in [0.2, 0.25) is 5.91 Å². The fourth-order valence-corrected chi connectivity index (χ4v) is 3.34. The molecule has 2 aromatic heterocycles. The molecule has 4 rings (SSSR count). The van der Waals surface area contributed by atoms with Gasteiger partial charge in [0.1, 0.15) is 0 Å². The Bertz CT molecular complexity index is 1110. The second-order valence-electron chi connectivity index (χ2n) is 6.76. The number of aryl methyl sites for hydroxylation is 3. The SMILES string of the molecule is Cc1ccc(NC(=O)CCc2cc3c(cn2)[nH]c2ccccc23)c(C)c1. The number of fused-ring (bicyclic) bond motifs is 3. The summed E-state index contributed by atoms with van der Waals surface area (Å²) in [5, 5.41) is 5.34. The minimum atomic E-state index is 0.0118. The maximum atomic E-state index is 12.3. The van der Waals surface area contributed by atoms with Crippen LogP contribution in [0.5, 0.6) is 0 Å². The van der Waals surface area contributed by atoms with Gasteiger partial charge in [-0.3, -0.25) is 9.78 Å². The van der Waals surface area contributed by atoms with Gasteiger partial charge in [-0.15, -0.1) is 0 Å². The first-order valence-corrected chi connectivity index (χ1v) is 8.82. The summed E-state index contributed by atoms with van der Waals surface area (Å²) in [7, 11) is 0. The molecule has 0 spiro atoms. The van der Waals surface area contributed by atoms with Gasteiger partial charge in [0, 0.05) is 34.1 Å². The Kier molecular flexibility index (Phi) is 4.17. The normalized spacial score (nSPS) is 11.2. The third-order valence-corrected chi connectivity index (χ3v) is 4.71. The summed E-state index contributed by atoms with van der Waals surface area (Å²) >= 11 is 0. The lowest BCUT2D eigenvalue weighted by atomic mass is 10.1. The third-order valence-electron chi connectivity index (χ3n) is 4.71. The minimum Gasteiger partial charge on any atom is -0.353 e. The monoisotopic (exact) mass is 343 g/mol. The number of para-hydroxylation sites is 1. The van der Waals surface area contributed by atoms with E-state index < -0.39 is 0 Å². The van der Waals surface area contributed by atoms with E-state index >= 15 is 0 Å². The topological polar surface area (TPSA) is 57.8 Å². The molecule has 0 saturated heterocycles. The molecule has 0 aliphatic carbocycles. The van der Waals surface area contributed by atoms with Gasteiger partial charge in [0.15, 0.2) is 0 Å². The van der Waals surface area contributed by atoms with E-state index in [-0.39, 0.29) is 5.91 Å². The van der Waals surface area contributed by atoms with E-state index in [2.05, 4.69) is 39.6 Å². The van der Waals surface area contributed by atoms with Crippen LogP contribution in [0.25, 0.3) is 21.8 Å². The number of amides is 1. The van der Waals surface area contributed by atoms with Crippen LogP contribution in [-0.2, 0) is 11.2 Å². The number of anilines is 1. The molecule has 0 fully saturated rings. The van der Waals surface area contributed by atoms with Gasteiger partial charge < -0.3 is 10.3 Å². The number of pyridine rings is 1. The van der Waals surface area contributed by atoms with Crippen molar-refractivity contribution in [3.05, 3.63) is 71.5 Å². The molecule has 0 aliphatic rings. The van der Waals surface area contributed by atoms with Crippen molar-refractivity contribution in [1.29, 1.82) is 0 Å². The fourth-order valence-electron chi connectivity index (χ4n) is 3.34. The van der Waals surface area contributed by atoms with E-state index in [0.717, 1.165) is 33.4 Å². The van der Waals surface area contributed by atoms with E-state index in [1.807, 2.05) is 44.3 Å².